The van der Waals surface area contributed by atoms with Gasteiger partial charge in [0.15, 0.2) is 0 Å². The Morgan fingerprint density at radius 3 is 2.59 bits per heavy atom. The zero-order valence-electron chi connectivity index (χ0n) is 9.86. The van der Waals surface area contributed by atoms with E-state index in [-0.39, 0.29) is 0 Å². The van der Waals surface area contributed by atoms with Crippen LogP contribution in [0.3, 0.4) is 0 Å². The standard InChI is InChI=1S/C15H15NO/c1-11-2-4-13(5-3-11)16-14-6-7-15-12(10-14)8-9-17-15/h2-7,10,16H,8-9H2,1H3. The fraction of sp³-hybridized carbons (Fsp3) is 0.200. The maximum absolute atomic E-state index is 5.49. The molecule has 0 radical (unpaired) electrons. The van der Waals surface area contributed by atoms with Gasteiger partial charge < -0.3 is 10.1 Å². The molecular formula is C15H15NO. The highest BCUT2D eigenvalue weighted by molar-refractivity contribution is 5.62. The molecule has 17 heavy (non-hydrogen) atoms. The highest BCUT2D eigenvalue weighted by Gasteiger charge is 2.11. The number of rotatable bonds is 2. The summed E-state index contributed by atoms with van der Waals surface area (Å²) in [6.45, 7) is 2.90. The molecule has 86 valence electrons. The zero-order chi connectivity index (χ0) is 11.7. The molecule has 1 aliphatic rings. The molecule has 2 aromatic carbocycles. The Morgan fingerprint density at radius 1 is 1.00 bits per heavy atom. The minimum absolute atomic E-state index is 0.809. The SMILES string of the molecule is Cc1ccc(Nc2ccc3c(c2)CCO3)cc1. The first kappa shape index (κ1) is 10.2. The number of aryl methyl sites for hydroxylation is 1. The molecule has 2 heteroatoms. The van der Waals surface area contributed by atoms with Gasteiger partial charge in [-0.3, -0.25) is 0 Å². The molecule has 1 N–H and O–H groups in total. The first-order valence-corrected chi connectivity index (χ1v) is 5.91. The third-order valence-electron chi connectivity index (χ3n) is 3.03. The molecule has 0 saturated heterocycles. The molecule has 0 fully saturated rings. The van der Waals surface area contributed by atoms with Crippen molar-refractivity contribution in [1.82, 2.24) is 0 Å². The average Bonchev–Trinajstić information content (AvgIpc) is 2.79. The molecular weight excluding hydrogens is 210 g/mol. The maximum atomic E-state index is 5.49. The number of hydrogen-bond donors (Lipinski definition) is 1. The Bertz CT molecular complexity index is 531. The van der Waals surface area contributed by atoms with Gasteiger partial charge in [0.2, 0.25) is 0 Å². The first-order valence-electron chi connectivity index (χ1n) is 5.91. The molecule has 2 nitrogen and oxygen atoms in total. The predicted molar refractivity (Wildman–Crippen MR) is 70.1 cm³/mol. The number of nitrogens with one attached hydrogen (secondary N) is 1. The molecule has 1 heterocycles. The van der Waals surface area contributed by atoms with Crippen molar-refractivity contribution in [3.05, 3.63) is 53.6 Å². The molecule has 0 atom stereocenters. The summed E-state index contributed by atoms with van der Waals surface area (Å²) in [6.07, 6.45) is 1.01. The lowest BCUT2D eigenvalue weighted by atomic mass is 10.1. The van der Waals surface area contributed by atoms with Crippen LogP contribution < -0.4 is 10.1 Å². The lowest BCUT2D eigenvalue weighted by Gasteiger charge is -2.08. The van der Waals surface area contributed by atoms with E-state index in [1.807, 2.05) is 6.07 Å². The fourth-order valence-corrected chi connectivity index (χ4v) is 2.07. The number of fused-ring (bicyclic) bond motifs is 1. The van der Waals surface area contributed by atoms with Crippen LogP contribution in [0.2, 0.25) is 0 Å². The van der Waals surface area contributed by atoms with Gasteiger partial charge in [0.25, 0.3) is 0 Å². The van der Waals surface area contributed by atoms with Crippen molar-refractivity contribution in [1.29, 1.82) is 0 Å². The van der Waals surface area contributed by atoms with E-state index in [9.17, 15) is 0 Å². The van der Waals surface area contributed by atoms with Crippen LogP contribution >= 0.6 is 0 Å². The summed E-state index contributed by atoms with van der Waals surface area (Å²) in [5, 5.41) is 3.41. The van der Waals surface area contributed by atoms with Crippen LogP contribution in [0.5, 0.6) is 5.75 Å². The fourth-order valence-electron chi connectivity index (χ4n) is 2.07. The third-order valence-corrected chi connectivity index (χ3v) is 3.03. The van der Waals surface area contributed by atoms with E-state index in [1.165, 1.54) is 11.1 Å². The van der Waals surface area contributed by atoms with E-state index in [2.05, 4.69) is 48.6 Å². The minimum Gasteiger partial charge on any atom is -0.493 e. The van der Waals surface area contributed by atoms with Crippen LogP contribution in [-0.2, 0) is 6.42 Å². The second-order valence-electron chi connectivity index (χ2n) is 4.41. The highest BCUT2D eigenvalue weighted by atomic mass is 16.5. The van der Waals surface area contributed by atoms with Gasteiger partial charge in [-0.1, -0.05) is 17.7 Å². The molecule has 0 aliphatic carbocycles. The summed E-state index contributed by atoms with van der Waals surface area (Å²) in [5.41, 5.74) is 4.81. The Labute approximate surface area is 101 Å². The van der Waals surface area contributed by atoms with E-state index in [1.54, 1.807) is 0 Å². The van der Waals surface area contributed by atoms with Crippen molar-refractivity contribution in [2.24, 2.45) is 0 Å². The summed E-state index contributed by atoms with van der Waals surface area (Å²) in [4.78, 5) is 0. The number of benzene rings is 2. The lowest BCUT2D eigenvalue weighted by molar-refractivity contribution is 0.357. The van der Waals surface area contributed by atoms with Gasteiger partial charge in [-0.2, -0.15) is 0 Å². The largest absolute Gasteiger partial charge is 0.493 e. The van der Waals surface area contributed by atoms with E-state index in [4.69, 9.17) is 4.74 Å². The van der Waals surface area contributed by atoms with Crippen molar-refractivity contribution >= 4 is 11.4 Å². The van der Waals surface area contributed by atoms with Gasteiger partial charge in [0, 0.05) is 17.8 Å². The topological polar surface area (TPSA) is 21.3 Å². The van der Waals surface area contributed by atoms with Crippen molar-refractivity contribution in [2.75, 3.05) is 11.9 Å². The molecule has 1 aliphatic heterocycles. The van der Waals surface area contributed by atoms with E-state index < -0.39 is 0 Å². The van der Waals surface area contributed by atoms with Crippen LogP contribution in [0.4, 0.5) is 11.4 Å². The van der Waals surface area contributed by atoms with Gasteiger partial charge in [-0.15, -0.1) is 0 Å². The first-order chi connectivity index (χ1) is 8.31. The Hall–Kier alpha value is -1.96. The van der Waals surface area contributed by atoms with Gasteiger partial charge >= 0.3 is 0 Å². The smallest absolute Gasteiger partial charge is 0.122 e. The van der Waals surface area contributed by atoms with Gasteiger partial charge in [0.1, 0.15) is 5.75 Å². The second-order valence-corrected chi connectivity index (χ2v) is 4.41. The Kier molecular flexibility index (Phi) is 2.48. The third kappa shape index (κ3) is 2.11. The zero-order valence-corrected chi connectivity index (χ0v) is 9.86. The van der Waals surface area contributed by atoms with Crippen LogP contribution in [-0.4, -0.2) is 6.61 Å². The van der Waals surface area contributed by atoms with Crippen molar-refractivity contribution in [3.63, 3.8) is 0 Å². The minimum atomic E-state index is 0.809. The van der Waals surface area contributed by atoms with Crippen LogP contribution in [0.25, 0.3) is 0 Å². The summed E-state index contributed by atoms with van der Waals surface area (Å²) in [6, 6.07) is 14.7. The Balaban J connectivity index is 1.83. The maximum Gasteiger partial charge on any atom is 0.122 e. The quantitative estimate of drug-likeness (QED) is 0.842. The van der Waals surface area contributed by atoms with Crippen LogP contribution in [0.1, 0.15) is 11.1 Å². The molecule has 0 unspecified atom stereocenters. The summed E-state index contributed by atoms with van der Waals surface area (Å²) in [7, 11) is 0. The second kappa shape index (κ2) is 4.13. The molecule has 0 spiro atoms. The number of anilines is 2. The van der Waals surface area contributed by atoms with Gasteiger partial charge in [-0.25, -0.2) is 0 Å². The molecule has 0 saturated carbocycles. The van der Waals surface area contributed by atoms with E-state index in [0.717, 1.165) is 30.2 Å². The van der Waals surface area contributed by atoms with Crippen LogP contribution in [0.15, 0.2) is 42.5 Å². The average molecular weight is 225 g/mol. The molecule has 0 aromatic heterocycles. The number of ether oxygens (including phenoxy) is 1. The highest BCUT2D eigenvalue weighted by Crippen LogP contribution is 2.29. The van der Waals surface area contributed by atoms with Gasteiger partial charge in [-0.05, 0) is 42.8 Å². The lowest BCUT2D eigenvalue weighted by Crippen LogP contribution is -1.90. The molecule has 2 aromatic rings. The molecule has 0 bridgehead atoms. The van der Waals surface area contributed by atoms with Crippen LogP contribution in [0, 0.1) is 6.92 Å². The summed E-state index contributed by atoms with van der Waals surface area (Å²) < 4.78 is 5.49. The monoisotopic (exact) mass is 225 g/mol. The van der Waals surface area contributed by atoms with E-state index in [0.29, 0.717) is 0 Å². The number of hydrogen-bond acceptors (Lipinski definition) is 2. The predicted octanol–water partition coefficient (Wildman–Crippen LogP) is 3.67. The normalized spacial score (nSPS) is 13.0. The van der Waals surface area contributed by atoms with Crippen molar-refractivity contribution < 1.29 is 4.74 Å². The molecule has 3 rings (SSSR count). The van der Waals surface area contributed by atoms with Gasteiger partial charge in [0.05, 0.1) is 6.61 Å². The van der Waals surface area contributed by atoms with Crippen molar-refractivity contribution in [2.45, 2.75) is 13.3 Å². The molecule has 0 amide bonds. The van der Waals surface area contributed by atoms with Crippen molar-refractivity contribution in [3.8, 4) is 5.75 Å². The summed E-state index contributed by atoms with van der Waals surface area (Å²) in [5.74, 6) is 1.03. The summed E-state index contributed by atoms with van der Waals surface area (Å²) >= 11 is 0. The Morgan fingerprint density at radius 2 is 1.76 bits per heavy atom. The van der Waals surface area contributed by atoms with E-state index >= 15 is 0 Å².